The van der Waals surface area contributed by atoms with E-state index in [0.29, 0.717) is 11.0 Å². The van der Waals surface area contributed by atoms with Gasteiger partial charge < -0.3 is 4.74 Å². The number of thiocarbonyl (C=S) groups is 1. The molecule has 0 amide bonds. The monoisotopic (exact) mass is 174 g/mol. The first-order valence-corrected chi connectivity index (χ1v) is 4.39. The van der Waals surface area contributed by atoms with Gasteiger partial charge in [-0.1, -0.05) is 17.7 Å². The summed E-state index contributed by atoms with van der Waals surface area (Å²) in [5.41, 5.74) is 0. The van der Waals surface area contributed by atoms with Crippen molar-refractivity contribution >= 4 is 28.4 Å². The van der Waals surface area contributed by atoms with E-state index in [1.54, 1.807) is 0 Å². The molecule has 0 fully saturated rings. The van der Waals surface area contributed by atoms with Crippen LogP contribution in [0, 0.1) is 11.8 Å². The fourth-order valence-electron chi connectivity index (χ4n) is 0.327. The maximum absolute atomic E-state index is 5.02. The highest BCUT2D eigenvalue weighted by Crippen LogP contribution is 2.03. The van der Waals surface area contributed by atoms with E-state index in [1.807, 2.05) is 13.8 Å². The van der Waals surface area contributed by atoms with Gasteiger partial charge in [-0.25, -0.2) is 0 Å². The van der Waals surface area contributed by atoms with Gasteiger partial charge in [-0.05, 0) is 26.1 Å². The van der Waals surface area contributed by atoms with Gasteiger partial charge in [-0.3, -0.25) is 0 Å². The van der Waals surface area contributed by atoms with Crippen LogP contribution in [0.2, 0.25) is 0 Å². The molecule has 0 saturated carbocycles. The van der Waals surface area contributed by atoms with Gasteiger partial charge in [0.1, 0.15) is 0 Å². The first-order valence-electron chi connectivity index (χ1n) is 3.00. The Hall–Kier alpha value is -0.200. The van der Waals surface area contributed by atoms with E-state index in [-0.39, 0.29) is 0 Å². The van der Waals surface area contributed by atoms with Crippen LogP contribution in [0.15, 0.2) is 0 Å². The van der Waals surface area contributed by atoms with Gasteiger partial charge >= 0.3 is 0 Å². The highest BCUT2D eigenvalue weighted by molar-refractivity contribution is 8.22. The van der Waals surface area contributed by atoms with Crippen molar-refractivity contribution in [3.63, 3.8) is 0 Å². The third-order valence-corrected chi connectivity index (χ3v) is 1.81. The summed E-state index contributed by atoms with van der Waals surface area (Å²) >= 11 is 6.30. The van der Waals surface area contributed by atoms with Crippen LogP contribution >= 0.6 is 24.0 Å². The highest BCUT2D eigenvalue weighted by atomic mass is 32.2. The van der Waals surface area contributed by atoms with Gasteiger partial charge in [0, 0.05) is 0 Å². The molecule has 0 spiro atoms. The van der Waals surface area contributed by atoms with Crippen LogP contribution in [-0.2, 0) is 4.74 Å². The molecule has 56 valence electrons. The van der Waals surface area contributed by atoms with Crippen molar-refractivity contribution in [2.24, 2.45) is 0 Å². The second-order valence-electron chi connectivity index (χ2n) is 1.40. The lowest BCUT2D eigenvalue weighted by atomic mass is 10.7. The molecular weight excluding hydrogens is 164 g/mol. The van der Waals surface area contributed by atoms with Crippen molar-refractivity contribution in [1.82, 2.24) is 0 Å². The Morgan fingerprint density at radius 2 is 2.40 bits per heavy atom. The Balaban J connectivity index is 3.27. The predicted octanol–water partition coefficient (Wildman–Crippen LogP) is 2.06. The number of hydrogen-bond donors (Lipinski definition) is 0. The minimum Gasteiger partial charge on any atom is -0.479 e. The summed E-state index contributed by atoms with van der Waals surface area (Å²) in [7, 11) is 0. The summed E-state index contributed by atoms with van der Waals surface area (Å²) in [5.74, 6) is 6.39. The lowest BCUT2D eigenvalue weighted by molar-refractivity contribution is 0.346. The molecule has 0 aromatic heterocycles. The zero-order valence-corrected chi connectivity index (χ0v) is 7.77. The summed E-state index contributed by atoms with van der Waals surface area (Å²) < 4.78 is 5.60. The maximum Gasteiger partial charge on any atom is 0.220 e. The Bertz CT molecular complexity index is 155. The zero-order chi connectivity index (χ0) is 7.82. The topological polar surface area (TPSA) is 9.23 Å². The van der Waals surface area contributed by atoms with Crippen molar-refractivity contribution in [2.75, 3.05) is 12.4 Å². The first kappa shape index (κ1) is 9.80. The van der Waals surface area contributed by atoms with Crippen molar-refractivity contribution < 1.29 is 4.74 Å². The van der Waals surface area contributed by atoms with Gasteiger partial charge in [0.15, 0.2) is 0 Å². The van der Waals surface area contributed by atoms with Gasteiger partial charge in [0.05, 0.1) is 12.4 Å². The molecule has 0 unspecified atom stereocenters. The molecule has 0 aliphatic rings. The van der Waals surface area contributed by atoms with E-state index in [1.165, 1.54) is 11.8 Å². The average molecular weight is 174 g/mol. The minimum atomic E-state index is 0.588. The van der Waals surface area contributed by atoms with Crippen molar-refractivity contribution in [1.29, 1.82) is 0 Å². The molecule has 3 heteroatoms. The SMILES string of the molecule is CC#CCSC(=S)OCC. The molecule has 0 bridgehead atoms. The molecule has 0 N–H and O–H groups in total. The molecular formula is C7H10OS2. The van der Waals surface area contributed by atoms with Crippen LogP contribution in [0.3, 0.4) is 0 Å². The second kappa shape index (κ2) is 6.91. The molecule has 0 aromatic rings. The maximum atomic E-state index is 5.02. The molecule has 0 aliphatic carbocycles. The third kappa shape index (κ3) is 5.93. The first-order chi connectivity index (χ1) is 4.81. The summed E-state index contributed by atoms with van der Waals surface area (Å²) in [6.45, 7) is 4.37. The lowest BCUT2D eigenvalue weighted by Gasteiger charge is -1.99. The normalized spacial score (nSPS) is 7.80. The number of thioether (sulfide) groups is 1. The third-order valence-electron chi connectivity index (χ3n) is 0.701. The van der Waals surface area contributed by atoms with E-state index in [4.69, 9.17) is 17.0 Å². The number of ether oxygens (including phenoxy) is 1. The minimum absolute atomic E-state index is 0.588. The Kier molecular flexibility index (Phi) is 6.78. The van der Waals surface area contributed by atoms with Gasteiger partial charge in [0.2, 0.25) is 4.38 Å². The molecule has 0 aliphatic heterocycles. The summed E-state index contributed by atoms with van der Waals surface area (Å²) in [5, 5.41) is 0. The smallest absolute Gasteiger partial charge is 0.220 e. The van der Waals surface area contributed by atoms with Crippen LogP contribution in [0.1, 0.15) is 13.8 Å². The summed E-state index contributed by atoms with van der Waals surface area (Å²) in [4.78, 5) is 0. The largest absolute Gasteiger partial charge is 0.479 e. The van der Waals surface area contributed by atoms with E-state index < -0.39 is 0 Å². The van der Waals surface area contributed by atoms with Gasteiger partial charge in [-0.15, -0.1) is 5.92 Å². The predicted molar refractivity (Wildman–Crippen MR) is 50.1 cm³/mol. The van der Waals surface area contributed by atoms with Crippen molar-refractivity contribution in [2.45, 2.75) is 13.8 Å². The molecule has 0 radical (unpaired) electrons. The quantitative estimate of drug-likeness (QED) is 0.468. The standard InChI is InChI=1S/C7H10OS2/c1-3-5-6-10-7(9)8-4-2/h4,6H2,1-2H3. The fourth-order valence-corrected chi connectivity index (χ4v) is 1.16. The van der Waals surface area contributed by atoms with Crippen LogP contribution in [0.4, 0.5) is 0 Å². The molecule has 0 atom stereocenters. The van der Waals surface area contributed by atoms with E-state index in [2.05, 4.69) is 11.8 Å². The highest BCUT2D eigenvalue weighted by Gasteiger charge is 1.92. The molecule has 0 rings (SSSR count). The van der Waals surface area contributed by atoms with Crippen LogP contribution in [-0.4, -0.2) is 16.7 Å². The number of rotatable bonds is 2. The van der Waals surface area contributed by atoms with Crippen molar-refractivity contribution in [3.05, 3.63) is 0 Å². The molecule has 0 aromatic carbocycles. The molecule has 0 saturated heterocycles. The fraction of sp³-hybridized carbons (Fsp3) is 0.571. The Labute approximate surface area is 71.5 Å². The average Bonchev–Trinajstić information content (AvgIpc) is 1.89. The summed E-state index contributed by atoms with van der Waals surface area (Å²) in [6, 6.07) is 0. The number of hydrogen-bond acceptors (Lipinski definition) is 3. The Morgan fingerprint density at radius 1 is 1.70 bits per heavy atom. The van der Waals surface area contributed by atoms with Gasteiger partial charge in [-0.2, -0.15) is 0 Å². The van der Waals surface area contributed by atoms with E-state index >= 15 is 0 Å². The van der Waals surface area contributed by atoms with Crippen LogP contribution < -0.4 is 0 Å². The molecule has 10 heavy (non-hydrogen) atoms. The van der Waals surface area contributed by atoms with Gasteiger partial charge in [0.25, 0.3) is 0 Å². The Morgan fingerprint density at radius 3 is 2.90 bits per heavy atom. The van der Waals surface area contributed by atoms with Crippen LogP contribution in [0.5, 0.6) is 0 Å². The zero-order valence-electron chi connectivity index (χ0n) is 6.14. The van der Waals surface area contributed by atoms with E-state index in [9.17, 15) is 0 Å². The second-order valence-corrected chi connectivity index (χ2v) is 2.98. The van der Waals surface area contributed by atoms with Crippen LogP contribution in [0.25, 0.3) is 0 Å². The van der Waals surface area contributed by atoms with E-state index in [0.717, 1.165) is 5.75 Å². The molecule has 0 heterocycles. The van der Waals surface area contributed by atoms with Crippen molar-refractivity contribution in [3.8, 4) is 11.8 Å². The lowest BCUT2D eigenvalue weighted by Crippen LogP contribution is -1.95. The molecule has 1 nitrogen and oxygen atoms in total. The summed E-state index contributed by atoms with van der Waals surface area (Å²) in [6.07, 6.45) is 0.